The summed E-state index contributed by atoms with van der Waals surface area (Å²) in [6.45, 7) is 4.70. The Labute approximate surface area is 157 Å². The fraction of sp³-hybridized carbons (Fsp3) is 0.650. The van der Waals surface area contributed by atoms with Crippen LogP contribution in [0.25, 0.3) is 0 Å². The zero-order valence-corrected chi connectivity index (χ0v) is 16.0. The lowest BCUT2D eigenvalue weighted by atomic mass is 9.84. The number of nitrogens with zero attached hydrogens (tertiary/aromatic N) is 1. The van der Waals surface area contributed by atoms with Crippen LogP contribution < -0.4 is 11.1 Å². The lowest BCUT2D eigenvalue weighted by Gasteiger charge is -2.29. The summed E-state index contributed by atoms with van der Waals surface area (Å²) in [5.74, 6) is 2.58. The molecule has 5 heteroatoms. The van der Waals surface area contributed by atoms with Crippen LogP contribution in [-0.4, -0.2) is 36.5 Å². The van der Waals surface area contributed by atoms with Gasteiger partial charge in [-0.3, -0.25) is 9.69 Å². The molecule has 0 radical (unpaired) electrons. The number of fused-ring (bicyclic) bond motifs is 2. The van der Waals surface area contributed by atoms with Crippen molar-refractivity contribution < 1.29 is 4.79 Å². The van der Waals surface area contributed by atoms with Gasteiger partial charge >= 0.3 is 0 Å². The third-order valence-corrected chi connectivity index (χ3v) is 5.89. The van der Waals surface area contributed by atoms with Crippen molar-refractivity contribution in [1.82, 2.24) is 10.2 Å². The average Bonchev–Trinajstić information content (AvgIpc) is 3.19. The van der Waals surface area contributed by atoms with Crippen molar-refractivity contribution in [3.8, 4) is 0 Å². The largest absolute Gasteiger partial charge is 0.352 e. The standard InChI is InChI=1S/C20H31N3O.ClH/c1-15(19-12-17-7-8-18(19)11-17)22-20(24)14-23(10-9-21)13-16-5-3-2-4-6-16;/h2-6,15,17-19H,7-14,21H2,1H3,(H,22,24);1H. The Morgan fingerprint density at radius 2 is 2.04 bits per heavy atom. The summed E-state index contributed by atoms with van der Waals surface area (Å²) in [5, 5.41) is 3.26. The molecular formula is C20H32ClN3O. The summed E-state index contributed by atoms with van der Waals surface area (Å²) in [7, 11) is 0. The van der Waals surface area contributed by atoms with Gasteiger partial charge in [0.25, 0.3) is 0 Å². The molecule has 2 fully saturated rings. The van der Waals surface area contributed by atoms with Gasteiger partial charge in [0.2, 0.25) is 5.91 Å². The molecule has 0 saturated heterocycles. The number of rotatable bonds is 8. The fourth-order valence-electron chi connectivity index (χ4n) is 4.75. The summed E-state index contributed by atoms with van der Waals surface area (Å²) in [4.78, 5) is 14.6. The number of amides is 1. The Balaban J connectivity index is 0.00000225. The van der Waals surface area contributed by atoms with Crippen LogP contribution in [0, 0.1) is 17.8 Å². The maximum atomic E-state index is 12.5. The first-order chi connectivity index (χ1) is 11.7. The van der Waals surface area contributed by atoms with E-state index in [1.165, 1.54) is 31.2 Å². The third-order valence-electron chi connectivity index (χ3n) is 5.89. The molecule has 140 valence electrons. The number of halogens is 1. The van der Waals surface area contributed by atoms with Gasteiger partial charge in [-0.2, -0.15) is 0 Å². The van der Waals surface area contributed by atoms with E-state index in [4.69, 9.17) is 5.73 Å². The highest BCUT2D eigenvalue weighted by Crippen LogP contribution is 2.49. The summed E-state index contributed by atoms with van der Waals surface area (Å²) >= 11 is 0. The lowest BCUT2D eigenvalue weighted by molar-refractivity contribution is -0.123. The van der Waals surface area contributed by atoms with Crippen molar-refractivity contribution in [2.24, 2.45) is 23.5 Å². The van der Waals surface area contributed by atoms with E-state index in [2.05, 4.69) is 29.3 Å². The molecule has 2 aliphatic rings. The molecule has 2 bridgehead atoms. The van der Waals surface area contributed by atoms with Crippen LogP contribution in [0.5, 0.6) is 0 Å². The fourth-order valence-corrected chi connectivity index (χ4v) is 4.75. The lowest BCUT2D eigenvalue weighted by Crippen LogP contribution is -2.45. The number of nitrogens with one attached hydrogen (secondary N) is 1. The molecule has 4 nitrogen and oxygen atoms in total. The zero-order valence-electron chi connectivity index (χ0n) is 15.2. The predicted molar refractivity (Wildman–Crippen MR) is 105 cm³/mol. The molecule has 0 spiro atoms. The molecule has 1 aromatic carbocycles. The zero-order chi connectivity index (χ0) is 16.9. The number of hydrogen-bond acceptors (Lipinski definition) is 3. The number of hydrogen-bond donors (Lipinski definition) is 2. The summed E-state index contributed by atoms with van der Waals surface area (Å²) in [6.07, 6.45) is 5.47. The summed E-state index contributed by atoms with van der Waals surface area (Å²) in [6, 6.07) is 10.6. The molecule has 0 heterocycles. The number of carbonyl (C=O) groups is 1. The Hall–Kier alpha value is -1.10. The molecule has 1 aromatic rings. The first-order valence-electron chi connectivity index (χ1n) is 9.41. The van der Waals surface area contributed by atoms with Crippen LogP contribution >= 0.6 is 12.4 Å². The topological polar surface area (TPSA) is 58.4 Å². The molecule has 4 unspecified atom stereocenters. The summed E-state index contributed by atoms with van der Waals surface area (Å²) < 4.78 is 0. The van der Waals surface area contributed by atoms with E-state index in [0.717, 1.165) is 24.9 Å². The molecule has 2 aliphatic carbocycles. The maximum absolute atomic E-state index is 12.5. The van der Waals surface area contributed by atoms with Gasteiger partial charge in [0, 0.05) is 25.7 Å². The first kappa shape index (κ1) is 20.2. The second-order valence-corrected chi connectivity index (χ2v) is 7.68. The van der Waals surface area contributed by atoms with Crippen LogP contribution in [0.1, 0.15) is 38.2 Å². The van der Waals surface area contributed by atoms with Crippen molar-refractivity contribution >= 4 is 18.3 Å². The van der Waals surface area contributed by atoms with E-state index >= 15 is 0 Å². The van der Waals surface area contributed by atoms with Gasteiger partial charge in [0.15, 0.2) is 0 Å². The minimum atomic E-state index is 0. The van der Waals surface area contributed by atoms with Gasteiger partial charge in [-0.15, -0.1) is 12.4 Å². The van der Waals surface area contributed by atoms with E-state index in [1.54, 1.807) is 0 Å². The van der Waals surface area contributed by atoms with E-state index < -0.39 is 0 Å². The molecule has 1 amide bonds. The highest BCUT2D eigenvalue weighted by molar-refractivity contribution is 5.85. The van der Waals surface area contributed by atoms with Crippen LogP contribution in [0.3, 0.4) is 0 Å². The van der Waals surface area contributed by atoms with Crippen molar-refractivity contribution in [2.45, 2.75) is 45.2 Å². The van der Waals surface area contributed by atoms with Crippen LogP contribution in [0.15, 0.2) is 30.3 Å². The Morgan fingerprint density at radius 1 is 1.28 bits per heavy atom. The molecule has 3 N–H and O–H groups in total. The molecule has 0 aromatic heterocycles. The highest BCUT2D eigenvalue weighted by Gasteiger charge is 2.42. The Bertz CT molecular complexity index is 539. The van der Waals surface area contributed by atoms with E-state index in [-0.39, 0.29) is 18.3 Å². The minimum Gasteiger partial charge on any atom is -0.352 e. The molecular weight excluding hydrogens is 334 g/mol. The summed E-state index contributed by atoms with van der Waals surface area (Å²) in [5.41, 5.74) is 6.95. The van der Waals surface area contributed by atoms with Gasteiger partial charge in [0.1, 0.15) is 0 Å². The van der Waals surface area contributed by atoms with Gasteiger partial charge in [0.05, 0.1) is 6.54 Å². The molecule has 3 rings (SSSR count). The average molecular weight is 366 g/mol. The smallest absolute Gasteiger partial charge is 0.234 e. The Morgan fingerprint density at radius 3 is 2.64 bits per heavy atom. The number of nitrogens with two attached hydrogens (primary N) is 1. The van der Waals surface area contributed by atoms with Crippen molar-refractivity contribution in [3.63, 3.8) is 0 Å². The third kappa shape index (κ3) is 5.44. The second-order valence-electron chi connectivity index (χ2n) is 7.68. The highest BCUT2D eigenvalue weighted by atomic mass is 35.5. The quantitative estimate of drug-likeness (QED) is 0.744. The molecule has 4 atom stereocenters. The van der Waals surface area contributed by atoms with Crippen molar-refractivity contribution in [3.05, 3.63) is 35.9 Å². The van der Waals surface area contributed by atoms with E-state index in [1.807, 2.05) is 18.2 Å². The van der Waals surface area contributed by atoms with Crippen LogP contribution in [-0.2, 0) is 11.3 Å². The van der Waals surface area contributed by atoms with Crippen LogP contribution in [0.2, 0.25) is 0 Å². The van der Waals surface area contributed by atoms with Gasteiger partial charge in [-0.05, 0) is 49.5 Å². The predicted octanol–water partition coefficient (Wildman–Crippen LogP) is 2.81. The second kappa shape index (κ2) is 9.56. The monoisotopic (exact) mass is 365 g/mol. The van der Waals surface area contributed by atoms with Crippen molar-refractivity contribution in [1.29, 1.82) is 0 Å². The first-order valence-corrected chi connectivity index (χ1v) is 9.41. The molecule has 2 saturated carbocycles. The van der Waals surface area contributed by atoms with Gasteiger partial charge < -0.3 is 11.1 Å². The van der Waals surface area contributed by atoms with E-state index in [9.17, 15) is 4.79 Å². The molecule has 25 heavy (non-hydrogen) atoms. The van der Waals surface area contributed by atoms with Gasteiger partial charge in [-0.1, -0.05) is 36.8 Å². The Kier molecular flexibility index (Phi) is 7.73. The van der Waals surface area contributed by atoms with Crippen LogP contribution in [0.4, 0.5) is 0 Å². The minimum absolute atomic E-state index is 0. The van der Waals surface area contributed by atoms with E-state index in [0.29, 0.717) is 25.0 Å². The number of benzene rings is 1. The van der Waals surface area contributed by atoms with Crippen molar-refractivity contribution in [2.75, 3.05) is 19.6 Å². The normalized spacial score (nSPS) is 25.6. The maximum Gasteiger partial charge on any atom is 0.234 e. The molecule has 0 aliphatic heterocycles. The van der Waals surface area contributed by atoms with Gasteiger partial charge in [-0.25, -0.2) is 0 Å². The SMILES string of the molecule is CC(NC(=O)CN(CCN)Cc1ccccc1)C1CC2CCC1C2.Cl. The number of carbonyl (C=O) groups excluding carboxylic acids is 1.